The molecule has 196 valence electrons. The fourth-order valence-corrected chi connectivity index (χ4v) is 3.64. The monoisotopic (exact) mass is 510 g/mol. The van der Waals surface area contributed by atoms with E-state index in [0.29, 0.717) is 11.1 Å². The molecule has 3 rings (SSSR count). The molecule has 2 atom stereocenters. The molecule has 0 radical (unpaired) electrons. The van der Waals surface area contributed by atoms with Crippen molar-refractivity contribution in [2.75, 3.05) is 0 Å². The molecule has 4 amide bonds. The van der Waals surface area contributed by atoms with Crippen molar-refractivity contribution in [3.8, 4) is 5.75 Å². The van der Waals surface area contributed by atoms with Crippen LogP contribution in [0.5, 0.6) is 5.75 Å². The van der Waals surface area contributed by atoms with Crippen LogP contribution in [0.2, 0.25) is 0 Å². The fraction of sp³-hybridized carbons (Fsp3) is 0.308. The molecule has 0 fully saturated rings. The number of carboxylic acid groups (broad SMARTS) is 1. The molecule has 0 spiro atoms. The molecule has 11 heteroatoms. The van der Waals surface area contributed by atoms with Crippen molar-refractivity contribution in [2.24, 2.45) is 0 Å². The maximum absolute atomic E-state index is 12.9. The van der Waals surface area contributed by atoms with Gasteiger partial charge >= 0.3 is 18.1 Å². The van der Waals surface area contributed by atoms with Crippen LogP contribution in [0.25, 0.3) is 10.9 Å². The zero-order chi connectivity index (χ0) is 27.2. The van der Waals surface area contributed by atoms with E-state index in [9.17, 15) is 29.4 Å². The number of aromatic hydroxyl groups is 1. The summed E-state index contributed by atoms with van der Waals surface area (Å²) in [5.74, 6) is -2.12. The average Bonchev–Trinajstić information content (AvgIpc) is 3.21. The Kier molecular flexibility index (Phi) is 8.38. The third-order valence-corrected chi connectivity index (χ3v) is 5.32. The number of phenols is 1. The highest BCUT2D eigenvalue weighted by Crippen LogP contribution is 2.19. The summed E-state index contributed by atoms with van der Waals surface area (Å²) >= 11 is 0. The van der Waals surface area contributed by atoms with Crippen LogP contribution in [-0.4, -0.2) is 56.9 Å². The van der Waals surface area contributed by atoms with Crippen LogP contribution in [0.4, 0.5) is 9.59 Å². The van der Waals surface area contributed by atoms with Crippen LogP contribution in [0.15, 0.2) is 54.7 Å². The minimum atomic E-state index is -1.32. The lowest BCUT2D eigenvalue weighted by Crippen LogP contribution is -2.55. The lowest BCUT2D eigenvalue weighted by molar-refractivity contribution is -0.139. The van der Waals surface area contributed by atoms with E-state index >= 15 is 0 Å². The summed E-state index contributed by atoms with van der Waals surface area (Å²) < 4.78 is 5.22. The minimum Gasteiger partial charge on any atom is -0.508 e. The van der Waals surface area contributed by atoms with Gasteiger partial charge in [-0.1, -0.05) is 30.3 Å². The number of carbonyl (C=O) groups excluding carboxylic acids is 3. The second-order valence-electron chi connectivity index (χ2n) is 9.49. The van der Waals surface area contributed by atoms with E-state index in [2.05, 4.69) is 20.9 Å². The van der Waals surface area contributed by atoms with Gasteiger partial charge in [-0.15, -0.1) is 0 Å². The number of ether oxygens (including phenoxy) is 1. The summed E-state index contributed by atoms with van der Waals surface area (Å²) in [5, 5.41) is 26.8. The molecule has 0 aliphatic carbocycles. The van der Waals surface area contributed by atoms with Gasteiger partial charge < -0.3 is 30.6 Å². The molecule has 6 N–H and O–H groups in total. The predicted molar refractivity (Wildman–Crippen MR) is 135 cm³/mol. The van der Waals surface area contributed by atoms with E-state index in [-0.39, 0.29) is 18.6 Å². The number of carbonyl (C=O) groups is 4. The smallest absolute Gasteiger partial charge is 0.408 e. The molecule has 11 nitrogen and oxygen atoms in total. The Balaban J connectivity index is 1.69. The lowest BCUT2D eigenvalue weighted by Gasteiger charge is -2.23. The number of hydrogen-bond donors (Lipinski definition) is 6. The summed E-state index contributed by atoms with van der Waals surface area (Å²) in [7, 11) is 0. The number of hydrogen-bond acceptors (Lipinski definition) is 6. The summed E-state index contributed by atoms with van der Waals surface area (Å²) in [6, 6.07) is 9.75. The van der Waals surface area contributed by atoms with Gasteiger partial charge in [0.15, 0.2) is 0 Å². The van der Waals surface area contributed by atoms with Crippen molar-refractivity contribution in [3.63, 3.8) is 0 Å². The van der Waals surface area contributed by atoms with Gasteiger partial charge in [0.2, 0.25) is 0 Å². The molecule has 0 bridgehead atoms. The Labute approximate surface area is 213 Å². The number of para-hydroxylation sites is 1. The van der Waals surface area contributed by atoms with Crippen molar-refractivity contribution in [2.45, 2.75) is 51.3 Å². The van der Waals surface area contributed by atoms with E-state index in [4.69, 9.17) is 4.74 Å². The zero-order valence-electron chi connectivity index (χ0n) is 20.7. The van der Waals surface area contributed by atoms with Gasteiger partial charge in [-0.05, 0) is 50.1 Å². The highest BCUT2D eigenvalue weighted by molar-refractivity contribution is 5.99. The number of benzene rings is 2. The van der Waals surface area contributed by atoms with E-state index in [0.717, 1.165) is 10.9 Å². The molecule has 1 aromatic heterocycles. The molecule has 0 unspecified atom stereocenters. The second-order valence-corrected chi connectivity index (χ2v) is 9.49. The van der Waals surface area contributed by atoms with Crippen LogP contribution < -0.4 is 16.0 Å². The quantitative estimate of drug-likeness (QED) is 0.271. The molecule has 3 aromatic rings. The fourth-order valence-electron chi connectivity index (χ4n) is 3.64. The molecule has 0 aliphatic heterocycles. The first-order valence-electron chi connectivity index (χ1n) is 11.6. The number of alkyl carbamates (subject to hydrolysis) is 1. The van der Waals surface area contributed by atoms with Crippen molar-refractivity contribution in [3.05, 3.63) is 65.9 Å². The second kappa shape index (κ2) is 11.5. The first-order valence-corrected chi connectivity index (χ1v) is 11.6. The van der Waals surface area contributed by atoms with E-state index in [1.54, 1.807) is 39.1 Å². The number of amides is 4. The summed E-state index contributed by atoms with van der Waals surface area (Å²) in [6.45, 7) is 4.98. The van der Waals surface area contributed by atoms with Crippen LogP contribution in [0.3, 0.4) is 0 Å². The van der Waals surface area contributed by atoms with Crippen LogP contribution >= 0.6 is 0 Å². The molecule has 37 heavy (non-hydrogen) atoms. The number of carboxylic acids is 1. The summed E-state index contributed by atoms with van der Waals surface area (Å²) in [5.41, 5.74) is 1.29. The van der Waals surface area contributed by atoms with Gasteiger partial charge in [-0.25, -0.2) is 14.4 Å². The average molecular weight is 511 g/mol. The largest absolute Gasteiger partial charge is 0.508 e. The Bertz CT molecular complexity index is 1280. The summed E-state index contributed by atoms with van der Waals surface area (Å²) in [6.07, 6.45) is 0.767. The van der Waals surface area contributed by atoms with Gasteiger partial charge in [0.25, 0.3) is 5.91 Å². The van der Waals surface area contributed by atoms with Crippen LogP contribution in [-0.2, 0) is 27.2 Å². The van der Waals surface area contributed by atoms with Crippen molar-refractivity contribution in [1.29, 1.82) is 0 Å². The third-order valence-electron chi connectivity index (χ3n) is 5.32. The number of fused-ring (bicyclic) bond motifs is 1. The number of aromatic amines is 1. The van der Waals surface area contributed by atoms with Gasteiger partial charge in [0.1, 0.15) is 23.4 Å². The molecule has 0 saturated heterocycles. The number of imide groups is 1. The van der Waals surface area contributed by atoms with Crippen molar-refractivity contribution in [1.82, 2.24) is 20.9 Å². The number of aromatic nitrogens is 1. The normalized spacial score (nSPS) is 12.8. The predicted octanol–water partition coefficient (Wildman–Crippen LogP) is 2.83. The van der Waals surface area contributed by atoms with Gasteiger partial charge in [0.05, 0.1) is 0 Å². The molecule has 1 heterocycles. The first-order chi connectivity index (χ1) is 17.4. The Morgan fingerprint density at radius 2 is 1.62 bits per heavy atom. The number of urea groups is 1. The van der Waals surface area contributed by atoms with Gasteiger partial charge in [-0.2, -0.15) is 0 Å². The Morgan fingerprint density at radius 3 is 2.27 bits per heavy atom. The van der Waals surface area contributed by atoms with E-state index < -0.39 is 41.7 Å². The zero-order valence-corrected chi connectivity index (χ0v) is 20.7. The highest BCUT2D eigenvalue weighted by atomic mass is 16.6. The van der Waals surface area contributed by atoms with Crippen LogP contribution in [0, 0.1) is 0 Å². The number of aliphatic carboxylic acids is 1. The van der Waals surface area contributed by atoms with Gasteiger partial charge in [-0.3, -0.25) is 10.1 Å². The Hall–Kier alpha value is -4.54. The van der Waals surface area contributed by atoms with Gasteiger partial charge in [0, 0.05) is 29.9 Å². The maximum atomic E-state index is 12.9. The van der Waals surface area contributed by atoms with Crippen LogP contribution in [0.1, 0.15) is 31.9 Å². The molecule has 0 aliphatic rings. The number of phenolic OH excluding ortho intramolecular Hbond substituents is 1. The molecule has 0 saturated carbocycles. The summed E-state index contributed by atoms with van der Waals surface area (Å²) in [4.78, 5) is 52.7. The highest BCUT2D eigenvalue weighted by Gasteiger charge is 2.28. The number of nitrogens with one attached hydrogen (secondary N) is 4. The minimum absolute atomic E-state index is 0.0175. The maximum Gasteiger partial charge on any atom is 0.408 e. The molecular weight excluding hydrogens is 480 g/mol. The van der Waals surface area contributed by atoms with Crippen molar-refractivity contribution >= 4 is 34.9 Å². The standard InChI is InChI=1S/C26H30N4O7/c1-26(2,3)37-25(36)29-20(12-15-8-10-17(31)11-9-15)22(32)30-24(35)28-21(23(33)34)13-16-14-27-19-7-5-4-6-18(16)19/h4-11,14,20-21,27,31H,12-13H2,1-3H3,(H,29,36)(H,33,34)(H2,28,30,32,35)/t20-,21-/m0/s1. The number of rotatable bonds is 8. The lowest BCUT2D eigenvalue weighted by atomic mass is 10.0. The van der Waals surface area contributed by atoms with E-state index in [1.165, 1.54) is 12.1 Å². The topological polar surface area (TPSA) is 170 Å². The van der Waals surface area contributed by atoms with E-state index in [1.807, 2.05) is 24.3 Å². The third kappa shape index (κ3) is 7.99. The SMILES string of the molecule is CC(C)(C)OC(=O)N[C@@H](Cc1ccc(O)cc1)C(=O)NC(=O)N[C@@H](Cc1c[nH]c2ccccc12)C(=O)O. The Morgan fingerprint density at radius 1 is 0.946 bits per heavy atom. The van der Waals surface area contributed by atoms with Crippen molar-refractivity contribution < 1.29 is 34.1 Å². The first kappa shape index (κ1) is 27.1. The molecule has 2 aromatic carbocycles. The number of H-pyrrole nitrogens is 1. The molecular formula is C26H30N4O7.